The summed E-state index contributed by atoms with van der Waals surface area (Å²) in [4.78, 5) is 46.7. The summed E-state index contributed by atoms with van der Waals surface area (Å²) in [6, 6.07) is 12.2. The summed E-state index contributed by atoms with van der Waals surface area (Å²) in [6.07, 6.45) is 2.60. The van der Waals surface area contributed by atoms with Crippen LogP contribution in [0.5, 0.6) is 11.5 Å². The number of hydrogen-bond donors (Lipinski definition) is 5. The molecule has 0 spiro atoms. The van der Waals surface area contributed by atoms with Crippen LogP contribution in [-0.2, 0) is 13.0 Å². The van der Waals surface area contributed by atoms with Crippen LogP contribution < -0.4 is 14.8 Å². The third-order valence-electron chi connectivity index (χ3n) is 5.17. The minimum Gasteiger partial charge on any atom is -0.427 e. The minimum atomic E-state index is -2.66. The van der Waals surface area contributed by atoms with E-state index in [1.807, 2.05) is 28.8 Å². The first-order valence-electron chi connectivity index (χ1n) is 10.2. The lowest BCUT2D eigenvalue weighted by atomic mass is 10.1. The van der Waals surface area contributed by atoms with Gasteiger partial charge in [-0.1, -0.05) is 31.5 Å². The van der Waals surface area contributed by atoms with E-state index in [-0.39, 0.29) is 18.0 Å². The number of nitrogens with zero attached hydrogens (tertiary/aromatic N) is 3. The highest BCUT2D eigenvalue weighted by molar-refractivity contribution is 7.40. The van der Waals surface area contributed by atoms with Crippen molar-refractivity contribution in [1.82, 2.24) is 14.5 Å². The Morgan fingerprint density at radius 3 is 2.48 bits per heavy atom. The smallest absolute Gasteiger partial charge is 0.391 e. The van der Waals surface area contributed by atoms with Crippen LogP contribution in [0, 0.1) is 0 Å². The van der Waals surface area contributed by atoms with Gasteiger partial charge < -0.3 is 38.9 Å². The van der Waals surface area contributed by atoms with E-state index in [1.54, 1.807) is 6.07 Å². The molecule has 2 aromatic heterocycles. The topological polar surface area (TPSA) is 156 Å². The van der Waals surface area contributed by atoms with Crippen molar-refractivity contribution >= 4 is 45.0 Å². The molecule has 2 aromatic carbocycles. The fourth-order valence-corrected chi connectivity index (χ4v) is 4.43. The van der Waals surface area contributed by atoms with Gasteiger partial charge in [0.1, 0.15) is 22.8 Å². The fraction of sp³-hybridized carbons (Fsp3) is 0.238. The first-order chi connectivity index (χ1) is 15.9. The summed E-state index contributed by atoms with van der Waals surface area (Å²) in [6.45, 7) is 2.34. The monoisotopic (exact) mass is 490 g/mol. The number of unbranched alkanes of at least 4 members (excludes halogenated alkanes) is 1. The molecule has 0 aliphatic rings. The summed E-state index contributed by atoms with van der Waals surface area (Å²) in [7, 11) is -5.27. The molecule has 0 saturated carbocycles. The number of rotatable bonds is 9. The van der Waals surface area contributed by atoms with E-state index in [4.69, 9.17) is 19.8 Å². The molecule has 4 rings (SSSR count). The van der Waals surface area contributed by atoms with Crippen molar-refractivity contribution in [2.24, 2.45) is 0 Å². The highest BCUT2D eigenvalue weighted by Gasteiger charge is 2.20. The van der Waals surface area contributed by atoms with Crippen molar-refractivity contribution in [1.29, 1.82) is 0 Å². The molecule has 2 heterocycles. The molecule has 6 N–H and O–H groups in total. The molecule has 12 heteroatoms. The van der Waals surface area contributed by atoms with E-state index in [0.717, 1.165) is 35.1 Å². The van der Waals surface area contributed by atoms with Gasteiger partial charge in [0.2, 0.25) is 0 Å². The Balaban J connectivity index is 1.91. The molecule has 0 bridgehead atoms. The maximum Gasteiger partial charge on any atom is 0.391 e. The fourth-order valence-electron chi connectivity index (χ4n) is 3.78. The van der Waals surface area contributed by atoms with Crippen LogP contribution in [-0.4, -0.2) is 34.1 Å². The summed E-state index contributed by atoms with van der Waals surface area (Å²) in [5, 5.41) is 0.882. The van der Waals surface area contributed by atoms with Gasteiger partial charge in [-0.2, -0.15) is 0 Å². The molecule has 174 valence electrons. The number of pyridine rings is 1. The van der Waals surface area contributed by atoms with Crippen molar-refractivity contribution < 1.29 is 28.6 Å². The Kier molecular flexibility index (Phi) is 7.24. The highest BCUT2D eigenvalue weighted by atomic mass is 31.2. The van der Waals surface area contributed by atoms with Crippen LogP contribution in [0.1, 0.15) is 31.2 Å². The predicted molar refractivity (Wildman–Crippen MR) is 128 cm³/mol. The van der Waals surface area contributed by atoms with Crippen molar-refractivity contribution in [3.8, 4) is 11.5 Å². The van der Waals surface area contributed by atoms with E-state index < -0.39 is 17.2 Å². The lowest BCUT2D eigenvalue weighted by molar-refractivity contribution is 0.367. The van der Waals surface area contributed by atoms with Gasteiger partial charge in [0.15, 0.2) is 5.82 Å². The first-order valence-corrected chi connectivity index (χ1v) is 12.6. The van der Waals surface area contributed by atoms with Crippen molar-refractivity contribution in [3.63, 3.8) is 0 Å². The molecule has 0 aliphatic heterocycles. The molecule has 0 saturated heterocycles. The minimum absolute atomic E-state index is 0.208. The van der Waals surface area contributed by atoms with Gasteiger partial charge >= 0.3 is 17.2 Å². The largest absolute Gasteiger partial charge is 0.427 e. The number of nitrogen functional groups attached to an aromatic ring is 1. The third-order valence-corrected chi connectivity index (χ3v) is 5.90. The lowest BCUT2D eigenvalue weighted by Gasteiger charge is -2.16. The molecular formula is C21H24N4O6P2. The second-order valence-corrected chi connectivity index (χ2v) is 8.76. The SMILES string of the molecule is CCCCc1nc2c(N)nc3ccccc3c2n1Cc1cc(OP(O)O)ccc1OP(O)O. The van der Waals surface area contributed by atoms with Gasteiger partial charge in [-0.3, -0.25) is 0 Å². The number of aromatic nitrogens is 3. The van der Waals surface area contributed by atoms with Crippen molar-refractivity contribution in [2.75, 3.05) is 5.73 Å². The molecular weight excluding hydrogens is 466 g/mol. The summed E-state index contributed by atoms with van der Waals surface area (Å²) in [5.74, 6) is 1.57. The number of anilines is 1. The maximum atomic E-state index is 9.44. The van der Waals surface area contributed by atoms with E-state index in [1.165, 1.54) is 12.1 Å². The zero-order valence-electron chi connectivity index (χ0n) is 17.8. The van der Waals surface area contributed by atoms with E-state index in [9.17, 15) is 19.6 Å². The quantitative estimate of drug-likeness (QED) is 0.221. The highest BCUT2D eigenvalue weighted by Crippen LogP contribution is 2.38. The van der Waals surface area contributed by atoms with Gasteiger partial charge in [0.05, 0.1) is 17.6 Å². The van der Waals surface area contributed by atoms with Crippen LogP contribution in [0.4, 0.5) is 5.82 Å². The van der Waals surface area contributed by atoms with E-state index in [0.29, 0.717) is 23.3 Å². The number of fused-ring (bicyclic) bond motifs is 3. The van der Waals surface area contributed by atoms with Gasteiger partial charge in [0.25, 0.3) is 0 Å². The number of imidazole rings is 1. The molecule has 0 aliphatic carbocycles. The van der Waals surface area contributed by atoms with Crippen LogP contribution >= 0.6 is 17.2 Å². The second kappa shape index (κ2) is 10.1. The van der Waals surface area contributed by atoms with Crippen molar-refractivity contribution in [2.45, 2.75) is 32.7 Å². The Bertz CT molecular complexity index is 1280. The standard InChI is InChI=1S/C21H24N4O6P2/c1-2-3-8-18-24-19-20(15-6-4-5-7-16(15)23-21(19)22)25(18)12-13-11-14(30-32(26)27)9-10-17(13)31-33(28)29/h4-7,9-11,26-29H,2-3,8,12H2,1H3,(H2,22,23). The summed E-state index contributed by atoms with van der Waals surface area (Å²) < 4.78 is 12.3. The van der Waals surface area contributed by atoms with Crippen LogP contribution in [0.25, 0.3) is 21.9 Å². The van der Waals surface area contributed by atoms with Crippen molar-refractivity contribution in [3.05, 3.63) is 53.9 Å². The zero-order chi connectivity index (χ0) is 23.5. The van der Waals surface area contributed by atoms with E-state index in [2.05, 4.69) is 11.9 Å². The Morgan fingerprint density at radius 1 is 1.00 bits per heavy atom. The average molecular weight is 490 g/mol. The zero-order valence-corrected chi connectivity index (χ0v) is 19.6. The molecule has 0 amide bonds. The third kappa shape index (κ3) is 5.17. The Labute approximate surface area is 192 Å². The van der Waals surface area contributed by atoms with Gasteiger partial charge in [-0.15, -0.1) is 0 Å². The number of hydrogen-bond acceptors (Lipinski definition) is 9. The number of nitrogens with two attached hydrogens (primary N) is 1. The van der Waals surface area contributed by atoms with E-state index >= 15 is 0 Å². The van der Waals surface area contributed by atoms with Gasteiger partial charge in [-0.25, -0.2) is 9.97 Å². The summed E-state index contributed by atoms with van der Waals surface area (Å²) >= 11 is 0. The molecule has 0 unspecified atom stereocenters. The molecule has 0 atom stereocenters. The number of para-hydroxylation sites is 1. The molecule has 10 nitrogen and oxygen atoms in total. The predicted octanol–water partition coefficient (Wildman–Crippen LogP) is 3.74. The number of aryl methyl sites for hydroxylation is 1. The second-order valence-electron chi connectivity index (χ2n) is 7.39. The van der Waals surface area contributed by atoms with Gasteiger partial charge in [-0.05, 0) is 30.7 Å². The maximum absolute atomic E-state index is 9.44. The molecule has 0 radical (unpaired) electrons. The molecule has 0 fully saturated rings. The molecule has 4 aromatic rings. The molecule has 33 heavy (non-hydrogen) atoms. The first kappa shape index (κ1) is 23.6. The lowest BCUT2D eigenvalue weighted by Crippen LogP contribution is -2.07. The Hall–Kier alpha value is -2.58. The average Bonchev–Trinajstić information content (AvgIpc) is 3.12. The summed E-state index contributed by atoms with van der Waals surface area (Å²) in [5.41, 5.74) is 8.93. The van der Waals surface area contributed by atoms with Gasteiger partial charge in [0, 0.05) is 17.4 Å². The van der Waals surface area contributed by atoms with Crippen LogP contribution in [0.15, 0.2) is 42.5 Å². The van der Waals surface area contributed by atoms with Crippen LogP contribution in [0.3, 0.4) is 0 Å². The number of benzene rings is 2. The Morgan fingerprint density at radius 2 is 1.76 bits per heavy atom. The van der Waals surface area contributed by atoms with Crippen LogP contribution in [0.2, 0.25) is 0 Å². The normalized spacial score (nSPS) is 11.7.